The van der Waals surface area contributed by atoms with Gasteiger partial charge in [-0.25, -0.2) is 13.1 Å². The Morgan fingerprint density at radius 2 is 1.95 bits per heavy atom. The number of methoxy groups -OCH3 is 1. The van der Waals surface area contributed by atoms with Crippen LogP contribution >= 0.6 is 0 Å². The molecule has 1 fully saturated rings. The Labute approximate surface area is 127 Å². The molecule has 0 spiro atoms. The van der Waals surface area contributed by atoms with Gasteiger partial charge in [0, 0.05) is 25.8 Å². The zero-order valence-electron chi connectivity index (χ0n) is 13.0. The van der Waals surface area contributed by atoms with Crippen molar-refractivity contribution in [1.29, 1.82) is 0 Å². The molecule has 0 bridgehead atoms. The van der Waals surface area contributed by atoms with Gasteiger partial charge in [-0.05, 0) is 46.2 Å². The number of ether oxygens (including phenoxy) is 1. The molecule has 0 aliphatic carbocycles. The SMILES string of the molecule is COCCC(C(N)=O)S(=O)(=O)NC1CCN(C(C)C)CC1. The van der Waals surface area contributed by atoms with Crippen LogP contribution in [0.2, 0.25) is 0 Å². The Morgan fingerprint density at radius 3 is 2.38 bits per heavy atom. The van der Waals surface area contributed by atoms with Crippen LogP contribution in [0.15, 0.2) is 0 Å². The number of hydrogen-bond donors (Lipinski definition) is 2. The molecule has 124 valence electrons. The summed E-state index contributed by atoms with van der Waals surface area (Å²) in [6.45, 7) is 6.13. The van der Waals surface area contributed by atoms with E-state index in [0.717, 1.165) is 25.9 Å². The molecule has 1 aliphatic heterocycles. The molecule has 1 atom stereocenters. The number of hydrogen-bond acceptors (Lipinski definition) is 5. The van der Waals surface area contributed by atoms with Crippen LogP contribution in [0.3, 0.4) is 0 Å². The summed E-state index contributed by atoms with van der Waals surface area (Å²) >= 11 is 0. The van der Waals surface area contributed by atoms with E-state index in [1.165, 1.54) is 7.11 Å². The highest BCUT2D eigenvalue weighted by atomic mass is 32.2. The minimum atomic E-state index is -3.75. The topological polar surface area (TPSA) is 102 Å². The van der Waals surface area contributed by atoms with Crippen LogP contribution in [0.25, 0.3) is 0 Å². The third-order valence-corrected chi connectivity index (χ3v) is 5.75. The molecule has 0 aromatic rings. The summed E-state index contributed by atoms with van der Waals surface area (Å²) in [7, 11) is -2.30. The molecule has 1 amide bonds. The average molecular weight is 321 g/mol. The number of nitrogens with zero attached hydrogens (tertiary/aromatic N) is 1. The summed E-state index contributed by atoms with van der Waals surface area (Å²) in [6.07, 6.45) is 1.56. The van der Waals surface area contributed by atoms with Gasteiger partial charge in [-0.1, -0.05) is 0 Å². The first-order valence-corrected chi connectivity index (χ1v) is 8.86. The summed E-state index contributed by atoms with van der Waals surface area (Å²) in [6, 6.07) is 0.331. The highest BCUT2D eigenvalue weighted by Crippen LogP contribution is 2.15. The molecule has 7 nitrogen and oxygen atoms in total. The number of amides is 1. The number of primary amides is 1. The number of likely N-dealkylation sites (tertiary alicyclic amines) is 1. The summed E-state index contributed by atoms with van der Waals surface area (Å²) < 4.78 is 32.0. The fourth-order valence-corrected chi connectivity index (χ4v) is 4.10. The van der Waals surface area contributed by atoms with Crippen LogP contribution in [0.1, 0.15) is 33.1 Å². The van der Waals surface area contributed by atoms with Crippen LogP contribution < -0.4 is 10.5 Å². The van der Waals surface area contributed by atoms with E-state index in [0.29, 0.717) is 6.04 Å². The maximum absolute atomic E-state index is 12.3. The molecular weight excluding hydrogens is 294 g/mol. The van der Waals surface area contributed by atoms with Gasteiger partial charge < -0.3 is 15.4 Å². The minimum Gasteiger partial charge on any atom is -0.385 e. The minimum absolute atomic E-state index is 0.0754. The molecule has 8 heteroatoms. The third kappa shape index (κ3) is 5.54. The summed E-state index contributed by atoms with van der Waals surface area (Å²) in [4.78, 5) is 13.7. The van der Waals surface area contributed by atoms with Gasteiger partial charge in [0.1, 0.15) is 0 Å². The fraction of sp³-hybridized carbons (Fsp3) is 0.923. The zero-order valence-corrected chi connectivity index (χ0v) is 13.9. The maximum atomic E-state index is 12.3. The van der Waals surface area contributed by atoms with E-state index >= 15 is 0 Å². The molecule has 0 aromatic heterocycles. The Hall–Kier alpha value is -0.700. The summed E-state index contributed by atoms with van der Waals surface area (Å²) in [5.41, 5.74) is 5.21. The zero-order chi connectivity index (χ0) is 16.0. The third-order valence-electron chi connectivity index (χ3n) is 3.87. The average Bonchev–Trinajstić information content (AvgIpc) is 2.38. The van der Waals surface area contributed by atoms with Gasteiger partial charge in [0.05, 0.1) is 0 Å². The normalized spacial score (nSPS) is 19.8. The van der Waals surface area contributed by atoms with E-state index in [4.69, 9.17) is 10.5 Å². The standard InChI is InChI=1S/C13H27N3O4S/c1-10(2)16-7-4-11(5-8-16)15-21(18,19)12(13(14)17)6-9-20-3/h10-12,15H,4-9H2,1-3H3,(H2,14,17). The van der Waals surface area contributed by atoms with Crippen LogP contribution in [0, 0.1) is 0 Å². The smallest absolute Gasteiger partial charge is 0.237 e. The molecule has 1 rings (SSSR count). The van der Waals surface area contributed by atoms with E-state index < -0.39 is 21.2 Å². The van der Waals surface area contributed by atoms with Crippen molar-refractivity contribution < 1.29 is 17.9 Å². The molecule has 1 heterocycles. The number of carbonyl (C=O) groups excluding carboxylic acids is 1. The first-order valence-electron chi connectivity index (χ1n) is 7.31. The van der Waals surface area contributed by atoms with E-state index in [1.54, 1.807) is 0 Å². The van der Waals surface area contributed by atoms with E-state index in [2.05, 4.69) is 23.5 Å². The van der Waals surface area contributed by atoms with Crippen LogP contribution in [0.4, 0.5) is 0 Å². The quantitative estimate of drug-likeness (QED) is 0.637. The van der Waals surface area contributed by atoms with Gasteiger partial charge in [-0.3, -0.25) is 4.79 Å². The lowest BCUT2D eigenvalue weighted by Gasteiger charge is -2.35. The number of nitrogens with one attached hydrogen (secondary N) is 1. The summed E-state index contributed by atoms with van der Waals surface area (Å²) in [5.74, 6) is -0.834. The van der Waals surface area contributed by atoms with Crippen LogP contribution in [-0.2, 0) is 19.6 Å². The van der Waals surface area contributed by atoms with Crippen molar-refractivity contribution >= 4 is 15.9 Å². The summed E-state index contributed by atoms with van der Waals surface area (Å²) in [5, 5.41) is -1.24. The number of piperidine rings is 1. The van der Waals surface area contributed by atoms with Gasteiger partial charge in [0.2, 0.25) is 15.9 Å². The molecule has 0 saturated carbocycles. The van der Waals surface area contributed by atoms with Crippen molar-refractivity contribution in [2.24, 2.45) is 5.73 Å². The fourth-order valence-electron chi connectivity index (χ4n) is 2.52. The second-order valence-corrected chi connectivity index (χ2v) is 7.63. The van der Waals surface area contributed by atoms with Crippen LogP contribution in [-0.4, -0.2) is 63.4 Å². The first kappa shape index (κ1) is 18.3. The number of nitrogens with two attached hydrogens (primary N) is 1. The van der Waals surface area contributed by atoms with Gasteiger partial charge in [0.25, 0.3) is 0 Å². The van der Waals surface area contributed by atoms with Crippen molar-refractivity contribution in [2.45, 2.75) is 50.4 Å². The van der Waals surface area contributed by atoms with E-state index in [-0.39, 0.29) is 19.1 Å². The first-order chi connectivity index (χ1) is 9.77. The second kappa shape index (κ2) is 8.07. The number of sulfonamides is 1. The number of rotatable bonds is 8. The van der Waals surface area contributed by atoms with Gasteiger partial charge in [-0.15, -0.1) is 0 Å². The Bertz CT molecular complexity index is 431. The lowest BCUT2D eigenvalue weighted by Crippen LogP contribution is -2.51. The van der Waals surface area contributed by atoms with Gasteiger partial charge >= 0.3 is 0 Å². The molecule has 3 N–H and O–H groups in total. The molecular formula is C13H27N3O4S. The van der Waals surface area contributed by atoms with E-state index in [9.17, 15) is 13.2 Å². The second-order valence-electron chi connectivity index (χ2n) is 5.74. The molecule has 0 radical (unpaired) electrons. The van der Waals surface area contributed by atoms with Crippen molar-refractivity contribution in [3.05, 3.63) is 0 Å². The van der Waals surface area contributed by atoms with Crippen molar-refractivity contribution in [1.82, 2.24) is 9.62 Å². The van der Waals surface area contributed by atoms with Gasteiger partial charge in [-0.2, -0.15) is 0 Å². The Morgan fingerprint density at radius 1 is 1.38 bits per heavy atom. The monoisotopic (exact) mass is 321 g/mol. The number of carbonyl (C=O) groups is 1. The molecule has 0 aromatic carbocycles. The Kier molecular flexibility index (Phi) is 7.05. The van der Waals surface area contributed by atoms with Crippen molar-refractivity contribution in [3.63, 3.8) is 0 Å². The lowest BCUT2D eigenvalue weighted by atomic mass is 10.1. The molecule has 1 saturated heterocycles. The Balaban J connectivity index is 2.61. The maximum Gasteiger partial charge on any atom is 0.237 e. The molecule has 21 heavy (non-hydrogen) atoms. The highest BCUT2D eigenvalue weighted by Gasteiger charge is 2.33. The van der Waals surface area contributed by atoms with Crippen LogP contribution in [0.5, 0.6) is 0 Å². The molecule has 1 unspecified atom stereocenters. The van der Waals surface area contributed by atoms with Crippen molar-refractivity contribution in [3.8, 4) is 0 Å². The predicted octanol–water partition coefficient (Wildman–Crippen LogP) is -0.331. The largest absolute Gasteiger partial charge is 0.385 e. The van der Waals surface area contributed by atoms with E-state index in [1.807, 2.05) is 0 Å². The van der Waals surface area contributed by atoms with Crippen molar-refractivity contribution in [2.75, 3.05) is 26.8 Å². The predicted molar refractivity (Wildman–Crippen MR) is 81.3 cm³/mol. The van der Waals surface area contributed by atoms with Gasteiger partial charge in [0.15, 0.2) is 5.25 Å². The molecule has 1 aliphatic rings. The lowest BCUT2D eigenvalue weighted by molar-refractivity contribution is -0.117. The highest BCUT2D eigenvalue weighted by molar-refractivity contribution is 7.90.